The van der Waals surface area contributed by atoms with Gasteiger partial charge >= 0.3 is 0 Å². The van der Waals surface area contributed by atoms with Crippen LogP contribution in [0.2, 0.25) is 5.02 Å². The van der Waals surface area contributed by atoms with Gasteiger partial charge in [0.1, 0.15) is 5.82 Å². The van der Waals surface area contributed by atoms with Gasteiger partial charge in [-0.3, -0.25) is 0 Å². The number of hydrogen-bond acceptors (Lipinski definition) is 1. The highest BCUT2D eigenvalue weighted by molar-refractivity contribution is 6.31. The molecule has 106 valence electrons. The predicted octanol–water partition coefficient (Wildman–Crippen LogP) is 4.76. The third-order valence-corrected chi connectivity index (χ3v) is 5.03. The van der Waals surface area contributed by atoms with Crippen LogP contribution in [0.5, 0.6) is 0 Å². The van der Waals surface area contributed by atoms with Gasteiger partial charge in [0.25, 0.3) is 0 Å². The summed E-state index contributed by atoms with van der Waals surface area (Å²) < 4.78 is 13.2. The maximum absolute atomic E-state index is 13.2. The van der Waals surface area contributed by atoms with E-state index in [1.165, 1.54) is 25.0 Å². The zero-order valence-corrected chi connectivity index (χ0v) is 12.7. The number of hydrogen-bond donors (Lipinski definition) is 1. The topological polar surface area (TPSA) is 12.0 Å². The Hall–Kier alpha value is -0.310. The van der Waals surface area contributed by atoms with E-state index in [-0.39, 0.29) is 11.4 Å². The van der Waals surface area contributed by atoms with Crippen molar-refractivity contribution in [2.45, 2.75) is 44.7 Å². The fourth-order valence-electron chi connectivity index (χ4n) is 2.63. The first-order valence-electron chi connectivity index (χ1n) is 6.79. The second-order valence-electron chi connectivity index (χ2n) is 5.69. The first-order valence-corrected chi connectivity index (χ1v) is 7.71. The summed E-state index contributed by atoms with van der Waals surface area (Å²) in [4.78, 5) is 0. The highest BCUT2D eigenvalue weighted by Gasteiger charge is 2.32. The zero-order valence-electron chi connectivity index (χ0n) is 11.2. The molecule has 0 saturated heterocycles. The molecule has 19 heavy (non-hydrogen) atoms. The van der Waals surface area contributed by atoms with Gasteiger partial charge in [-0.2, -0.15) is 0 Å². The molecule has 2 rings (SSSR count). The average molecular weight is 304 g/mol. The summed E-state index contributed by atoms with van der Waals surface area (Å²) in [5.74, 6) is 1.11. The summed E-state index contributed by atoms with van der Waals surface area (Å²) in [6, 6.07) is 4.47. The summed E-state index contributed by atoms with van der Waals surface area (Å²) in [6.07, 6.45) is 4.53. The smallest absolute Gasteiger partial charge is 0.123 e. The van der Waals surface area contributed by atoms with Gasteiger partial charge in [-0.1, -0.05) is 18.5 Å². The highest BCUT2D eigenvalue weighted by atomic mass is 35.5. The van der Waals surface area contributed by atoms with Gasteiger partial charge < -0.3 is 5.32 Å². The standard InChI is InChI=1S/C15H20Cl2FN/c1-11-4-6-15(10-16,7-5-11)19-9-12-8-13(18)2-3-14(12)17/h2-3,8,11,19H,4-7,9-10H2,1H3. The second kappa shape index (κ2) is 6.43. The molecule has 0 radical (unpaired) electrons. The quantitative estimate of drug-likeness (QED) is 0.791. The van der Waals surface area contributed by atoms with E-state index in [4.69, 9.17) is 23.2 Å². The van der Waals surface area contributed by atoms with Crippen molar-refractivity contribution in [3.63, 3.8) is 0 Å². The van der Waals surface area contributed by atoms with Crippen LogP contribution in [0.15, 0.2) is 18.2 Å². The number of alkyl halides is 1. The number of nitrogens with one attached hydrogen (secondary N) is 1. The van der Waals surface area contributed by atoms with E-state index in [2.05, 4.69) is 12.2 Å². The molecular formula is C15H20Cl2FN. The lowest BCUT2D eigenvalue weighted by Crippen LogP contribution is -2.49. The Morgan fingerprint density at radius 2 is 2.05 bits per heavy atom. The number of halogens is 3. The fourth-order valence-corrected chi connectivity index (χ4v) is 3.18. The molecule has 0 aromatic heterocycles. The lowest BCUT2D eigenvalue weighted by atomic mass is 9.78. The normalized spacial score (nSPS) is 27.5. The molecule has 0 aliphatic heterocycles. The van der Waals surface area contributed by atoms with Gasteiger partial charge in [0, 0.05) is 23.0 Å². The van der Waals surface area contributed by atoms with Crippen LogP contribution in [-0.2, 0) is 6.54 Å². The van der Waals surface area contributed by atoms with Crippen molar-refractivity contribution in [2.24, 2.45) is 5.92 Å². The van der Waals surface area contributed by atoms with E-state index in [1.807, 2.05) is 0 Å². The molecule has 1 fully saturated rings. The number of benzene rings is 1. The van der Waals surface area contributed by atoms with Gasteiger partial charge in [-0.05, 0) is 55.4 Å². The van der Waals surface area contributed by atoms with E-state index < -0.39 is 0 Å². The Balaban J connectivity index is 2.01. The van der Waals surface area contributed by atoms with E-state index in [0.29, 0.717) is 17.4 Å². The Morgan fingerprint density at radius 1 is 1.37 bits per heavy atom. The Kier molecular flexibility index (Phi) is 5.10. The molecule has 1 aromatic carbocycles. The highest BCUT2D eigenvalue weighted by Crippen LogP contribution is 2.33. The minimum Gasteiger partial charge on any atom is -0.306 e. The van der Waals surface area contributed by atoms with Gasteiger partial charge in [-0.15, -0.1) is 11.6 Å². The van der Waals surface area contributed by atoms with Gasteiger partial charge in [0.15, 0.2) is 0 Å². The van der Waals surface area contributed by atoms with Crippen LogP contribution in [0, 0.1) is 11.7 Å². The molecule has 0 heterocycles. The zero-order chi connectivity index (χ0) is 13.9. The van der Waals surface area contributed by atoms with Crippen molar-refractivity contribution in [2.75, 3.05) is 5.88 Å². The van der Waals surface area contributed by atoms with E-state index >= 15 is 0 Å². The molecule has 4 heteroatoms. The minimum atomic E-state index is -0.251. The van der Waals surface area contributed by atoms with Crippen molar-refractivity contribution in [1.82, 2.24) is 5.32 Å². The van der Waals surface area contributed by atoms with E-state index in [0.717, 1.165) is 24.3 Å². The fraction of sp³-hybridized carbons (Fsp3) is 0.600. The minimum absolute atomic E-state index is 0.0241. The molecule has 1 N–H and O–H groups in total. The third-order valence-electron chi connectivity index (χ3n) is 4.15. The molecule has 0 bridgehead atoms. The monoisotopic (exact) mass is 303 g/mol. The predicted molar refractivity (Wildman–Crippen MR) is 79.3 cm³/mol. The summed E-state index contributed by atoms with van der Waals surface area (Å²) in [6.45, 7) is 2.85. The largest absolute Gasteiger partial charge is 0.306 e. The molecule has 0 unspecified atom stereocenters. The summed E-state index contributed by atoms with van der Waals surface area (Å²) in [5, 5.41) is 4.11. The molecule has 1 nitrogen and oxygen atoms in total. The Labute approximate surface area is 124 Å². The molecular weight excluding hydrogens is 284 g/mol. The Morgan fingerprint density at radius 3 is 2.68 bits per heavy atom. The van der Waals surface area contributed by atoms with Crippen LogP contribution >= 0.6 is 23.2 Å². The third kappa shape index (κ3) is 3.84. The maximum Gasteiger partial charge on any atom is 0.123 e. The molecule has 0 atom stereocenters. The molecule has 0 amide bonds. The van der Waals surface area contributed by atoms with Crippen LogP contribution in [0.4, 0.5) is 4.39 Å². The summed E-state index contributed by atoms with van der Waals surface area (Å²) >= 11 is 12.2. The lowest BCUT2D eigenvalue weighted by molar-refractivity contribution is 0.216. The first kappa shape index (κ1) is 15.1. The van der Waals surface area contributed by atoms with Crippen molar-refractivity contribution >= 4 is 23.2 Å². The molecule has 1 saturated carbocycles. The summed E-state index contributed by atoms with van der Waals surface area (Å²) in [7, 11) is 0. The SMILES string of the molecule is CC1CCC(CCl)(NCc2cc(F)ccc2Cl)CC1. The second-order valence-corrected chi connectivity index (χ2v) is 6.36. The van der Waals surface area contributed by atoms with Gasteiger partial charge in [0.05, 0.1) is 0 Å². The van der Waals surface area contributed by atoms with Crippen LogP contribution in [-0.4, -0.2) is 11.4 Å². The van der Waals surface area contributed by atoms with Crippen molar-refractivity contribution < 1.29 is 4.39 Å². The molecule has 1 aromatic rings. The van der Waals surface area contributed by atoms with Crippen LogP contribution < -0.4 is 5.32 Å². The van der Waals surface area contributed by atoms with Crippen LogP contribution in [0.1, 0.15) is 38.2 Å². The lowest BCUT2D eigenvalue weighted by Gasteiger charge is -2.39. The van der Waals surface area contributed by atoms with Crippen molar-refractivity contribution in [3.8, 4) is 0 Å². The molecule has 0 spiro atoms. The average Bonchev–Trinajstić information content (AvgIpc) is 2.42. The van der Waals surface area contributed by atoms with Gasteiger partial charge in [-0.25, -0.2) is 4.39 Å². The number of rotatable bonds is 4. The van der Waals surface area contributed by atoms with Crippen molar-refractivity contribution in [1.29, 1.82) is 0 Å². The maximum atomic E-state index is 13.2. The van der Waals surface area contributed by atoms with E-state index in [9.17, 15) is 4.39 Å². The molecule has 1 aliphatic carbocycles. The van der Waals surface area contributed by atoms with Crippen molar-refractivity contribution in [3.05, 3.63) is 34.6 Å². The van der Waals surface area contributed by atoms with Crippen LogP contribution in [0.25, 0.3) is 0 Å². The first-order chi connectivity index (χ1) is 9.04. The molecule has 1 aliphatic rings. The van der Waals surface area contributed by atoms with E-state index in [1.54, 1.807) is 6.07 Å². The van der Waals surface area contributed by atoms with Gasteiger partial charge in [0.2, 0.25) is 0 Å². The van der Waals surface area contributed by atoms with Crippen LogP contribution in [0.3, 0.4) is 0 Å². The summed E-state index contributed by atoms with van der Waals surface area (Å²) in [5.41, 5.74) is 0.772. The Bertz CT molecular complexity index is 428.